The van der Waals surface area contributed by atoms with Gasteiger partial charge < -0.3 is 20.1 Å². The van der Waals surface area contributed by atoms with Crippen molar-refractivity contribution in [1.29, 1.82) is 0 Å². The fourth-order valence-electron chi connectivity index (χ4n) is 2.25. The third-order valence-corrected chi connectivity index (χ3v) is 4.00. The number of pyridine rings is 1. The maximum atomic E-state index is 12.5. The minimum Gasteiger partial charge on any atom is -0.870 e. The molecule has 26 heavy (non-hydrogen) atoms. The number of hydrogen-bond donors (Lipinski definition) is 1. The van der Waals surface area contributed by atoms with Crippen LogP contribution in [0.2, 0.25) is 10.0 Å². The highest BCUT2D eigenvalue weighted by Gasteiger charge is 2.19. The quantitative estimate of drug-likeness (QED) is 0.738. The average molecular weight is 410 g/mol. The predicted octanol–water partition coefficient (Wildman–Crippen LogP) is 4.30. The van der Waals surface area contributed by atoms with Gasteiger partial charge in [-0.25, -0.2) is 4.98 Å². The lowest BCUT2D eigenvalue weighted by molar-refractivity contribution is -0.377. The number of nitrogens with one attached hydrogen (secondary N) is 1. The topological polar surface area (TPSA) is 82.8 Å². The Hall–Kier alpha value is -1.67. The number of halogens is 4. The monoisotopic (exact) mass is 409 g/mol. The summed E-state index contributed by atoms with van der Waals surface area (Å²) in [6.07, 6.45) is 2.07. The maximum Gasteiger partial charge on any atom is 0.387 e. The molecule has 5 nitrogen and oxygen atoms in total. The minimum absolute atomic E-state index is 0. The summed E-state index contributed by atoms with van der Waals surface area (Å²) in [5.41, 5.74) is 1.05. The van der Waals surface area contributed by atoms with E-state index in [2.05, 4.69) is 9.72 Å². The highest BCUT2D eigenvalue weighted by Crippen LogP contribution is 2.34. The lowest BCUT2D eigenvalue weighted by Crippen LogP contribution is -2.11. The van der Waals surface area contributed by atoms with Crippen LogP contribution in [0.5, 0.6) is 11.5 Å². The fourth-order valence-corrected chi connectivity index (χ4v) is 2.79. The number of aliphatic hydroxyl groups is 1. The summed E-state index contributed by atoms with van der Waals surface area (Å²) >= 11 is 12.2. The van der Waals surface area contributed by atoms with Gasteiger partial charge in [-0.1, -0.05) is 29.3 Å². The molecule has 0 spiro atoms. The lowest BCUT2D eigenvalue weighted by Gasteiger charge is -2.18. The molecular weight excluding hydrogens is 391 g/mol. The first-order chi connectivity index (χ1) is 11.8. The smallest absolute Gasteiger partial charge is 0.387 e. The second-order valence-corrected chi connectivity index (χ2v) is 6.42. The van der Waals surface area contributed by atoms with Crippen LogP contribution in [-0.4, -0.2) is 23.3 Å². The third-order valence-electron chi connectivity index (χ3n) is 3.33. The van der Waals surface area contributed by atoms with E-state index < -0.39 is 12.7 Å². The van der Waals surface area contributed by atoms with E-state index in [0.29, 0.717) is 21.2 Å². The average Bonchev–Trinajstić information content (AvgIpc) is 2.51. The molecule has 1 aromatic heterocycles. The van der Waals surface area contributed by atoms with E-state index in [1.54, 1.807) is 26.2 Å². The number of benzene rings is 1. The van der Waals surface area contributed by atoms with Gasteiger partial charge in [-0.2, -0.15) is 8.78 Å². The molecule has 144 valence electrons. The summed E-state index contributed by atoms with van der Waals surface area (Å²) in [5, 5.41) is 11.3. The second kappa shape index (κ2) is 9.87. The first kappa shape index (κ1) is 22.4. The Balaban J connectivity index is 0.00000338. The summed E-state index contributed by atoms with van der Waals surface area (Å²) < 4.78 is 35.0. The van der Waals surface area contributed by atoms with Gasteiger partial charge in [-0.05, 0) is 31.5 Å². The normalized spacial score (nSPS) is 12.0. The molecule has 0 saturated heterocycles. The molecule has 0 unspecified atom stereocenters. The Morgan fingerprint density at radius 2 is 1.69 bits per heavy atom. The zero-order valence-corrected chi connectivity index (χ0v) is 15.6. The predicted molar refractivity (Wildman–Crippen MR) is 92.5 cm³/mol. The molecule has 0 aliphatic heterocycles. The van der Waals surface area contributed by atoms with Crippen LogP contribution in [-0.2, 0) is 6.42 Å². The minimum atomic E-state index is -2.97. The van der Waals surface area contributed by atoms with Crippen LogP contribution in [0.4, 0.5) is 8.78 Å². The number of rotatable bonds is 7. The molecule has 1 heterocycles. The molecule has 0 aliphatic carbocycles. The van der Waals surface area contributed by atoms with Gasteiger partial charge in [0, 0.05) is 12.0 Å². The number of H-pyrrole nitrogens is 1. The Morgan fingerprint density at radius 1 is 1.08 bits per heavy atom. The van der Waals surface area contributed by atoms with E-state index in [1.807, 2.05) is 0 Å². The summed E-state index contributed by atoms with van der Waals surface area (Å²) in [4.78, 5) is 2.79. The van der Waals surface area contributed by atoms with Gasteiger partial charge in [0.05, 0.1) is 12.2 Å². The molecule has 0 bridgehead atoms. The molecule has 1 aromatic carbocycles. The molecule has 0 aliphatic rings. The van der Waals surface area contributed by atoms with E-state index in [1.165, 1.54) is 18.2 Å². The fraction of sp³-hybridized carbons (Fsp3) is 0.353. The zero-order chi connectivity index (χ0) is 18.6. The van der Waals surface area contributed by atoms with E-state index in [9.17, 15) is 13.9 Å². The number of ether oxygens (including phenoxy) is 2. The number of alkyl halides is 2. The standard InChI is InChI=1S/C17H17Cl2F2NO3.H2O/c1-9(2)24-16-5-10(3-4-15(16)25-17(20)21)14(23)6-11-12(18)7-22-8-13(11)19;/h3-5,7-9,14,17,23H,6H2,1-2H3;1H2/t14-;/m0./s1. The van der Waals surface area contributed by atoms with Gasteiger partial charge >= 0.3 is 6.61 Å². The molecule has 9 heteroatoms. The zero-order valence-electron chi connectivity index (χ0n) is 14.0. The van der Waals surface area contributed by atoms with Crippen molar-refractivity contribution in [1.82, 2.24) is 0 Å². The van der Waals surface area contributed by atoms with Crippen LogP contribution in [0.3, 0.4) is 0 Å². The highest BCUT2D eigenvalue weighted by molar-refractivity contribution is 6.35. The molecule has 3 N–H and O–H groups in total. The van der Waals surface area contributed by atoms with E-state index >= 15 is 0 Å². The first-order valence-corrected chi connectivity index (χ1v) is 8.31. The molecule has 2 rings (SSSR count). The van der Waals surface area contributed by atoms with Crippen LogP contribution < -0.4 is 14.5 Å². The second-order valence-electron chi connectivity index (χ2n) is 5.60. The van der Waals surface area contributed by atoms with Crippen LogP contribution in [0.15, 0.2) is 30.6 Å². The van der Waals surface area contributed by atoms with E-state index in [4.69, 9.17) is 27.9 Å². The van der Waals surface area contributed by atoms with Crippen molar-refractivity contribution in [2.45, 2.75) is 39.1 Å². The van der Waals surface area contributed by atoms with Crippen LogP contribution in [0.1, 0.15) is 31.1 Å². The number of hydrogen-bond acceptors (Lipinski definition) is 4. The van der Waals surface area contributed by atoms with Crippen molar-refractivity contribution in [3.05, 3.63) is 51.8 Å². The molecule has 1 atom stereocenters. The largest absolute Gasteiger partial charge is 0.870 e. The molecular formula is C17H19Cl2F2NO4. The Labute approximate surface area is 159 Å². The summed E-state index contributed by atoms with van der Waals surface area (Å²) in [5.74, 6) is 0.0375. The van der Waals surface area contributed by atoms with Crippen molar-refractivity contribution < 1.29 is 33.8 Å². The Kier molecular flexibility index (Phi) is 8.49. The van der Waals surface area contributed by atoms with Gasteiger partial charge in [0.1, 0.15) is 10.0 Å². The van der Waals surface area contributed by atoms with Gasteiger partial charge in [0.15, 0.2) is 23.9 Å². The summed E-state index contributed by atoms with van der Waals surface area (Å²) in [7, 11) is 0. The third kappa shape index (κ3) is 5.95. The Bertz CT molecular complexity index is 712. The van der Waals surface area contributed by atoms with Gasteiger partial charge in [-0.3, -0.25) is 0 Å². The molecule has 2 aromatic rings. The number of aromatic amines is 1. The molecule has 0 amide bonds. The summed E-state index contributed by atoms with van der Waals surface area (Å²) in [6.45, 7) is 0.549. The SMILES string of the molecule is CC(C)Oc1cc([C@@H](O)Cc2c(Cl)c[nH+]cc2Cl)ccc1OC(F)F.[OH-]. The van der Waals surface area contributed by atoms with Crippen LogP contribution in [0.25, 0.3) is 0 Å². The molecule has 0 fully saturated rings. The van der Waals surface area contributed by atoms with E-state index in [0.717, 1.165) is 0 Å². The van der Waals surface area contributed by atoms with Crippen molar-refractivity contribution in [3.63, 3.8) is 0 Å². The van der Waals surface area contributed by atoms with Crippen molar-refractivity contribution >= 4 is 23.2 Å². The maximum absolute atomic E-state index is 12.5. The van der Waals surface area contributed by atoms with Crippen LogP contribution in [0, 0.1) is 0 Å². The molecule has 0 saturated carbocycles. The number of aliphatic hydroxyl groups excluding tert-OH is 1. The first-order valence-electron chi connectivity index (χ1n) is 7.55. The highest BCUT2D eigenvalue weighted by atomic mass is 35.5. The van der Waals surface area contributed by atoms with Gasteiger partial charge in [0.2, 0.25) is 0 Å². The molecule has 0 radical (unpaired) electrons. The summed E-state index contributed by atoms with van der Waals surface area (Å²) in [6, 6.07) is 4.30. The Morgan fingerprint density at radius 3 is 2.23 bits per heavy atom. The number of aromatic nitrogens is 1. The van der Waals surface area contributed by atoms with Gasteiger partial charge in [-0.15, -0.1) is 0 Å². The van der Waals surface area contributed by atoms with Crippen molar-refractivity contribution in [3.8, 4) is 11.5 Å². The van der Waals surface area contributed by atoms with Crippen molar-refractivity contribution in [2.24, 2.45) is 0 Å². The van der Waals surface area contributed by atoms with Gasteiger partial charge in [0.25, 0.3) is 0 Å². The van der Waals surface area contributed by atoms with Crippen LogP contribution >= 0.6 is 23.2 Å². The van der Waals surface area contributed by atoms with E-state index in [-0.39, 0.29) is 29.5 Å². The lowest BCUT2D eigenvalue weighted by atomic mass is 10.0. The van der Waals surface area contributed by atoms with Crippen molar-refractivity contribution in [2.75, 3.05) is 0 Å².